The molecule has 1 N–H and O–H groups in total. The first kappa shape index (κ1) is 18.1. The molecule has 0 radical (unpaired) electrons. The number of hydrogen-bond donors (Lipinski definition) is 1. The zero-order valence-electron chi connectivity index (χ0n) is 12.5. The number of nitrogens with one attached hydrogen (secondary N) is 1. The predicted octanol–water partition coefficient (Wildman–Crippen LogP) is 4.88. The molecule has 0 aromatic heterocycles. The number of benzene rings is 1. The number of carbonyl (C=O) groups is 1. The van der Waals surface area contributed by atoms with Crippen LogP contribution in [0, 0.1) is 6.92 Å². The zero-order chi connectivity index (χ0) is 15.7. The van der Waals surface area contributed by atoms with Crippen LogP contribution in [0.3, 0.4) is 0 Å². The summed E-state index contributed by atoms with van der Waals surface area (Å²) in [6, 6.07) is 7.35. The number of carbonyl (C=O) groups excluding carboxylic acids is 1. The van der Waals surface area contributed by atoms with Crippen molar-refractivity contribution in [3.8, 4) is 0 Å². The zero-order valence-corrected chi connectivity index (χ0v) is 14.0. The van der Waals surface area contributed by atoms with Gasteiger partial charge in [-0.1, -0.05) is 71.9 Å². The van der Waals surface area contributed by atoms with E-state index in [1.807, 2.05) is 25.1 Å². The minimum atomic E-state index is -1.53. The van der Waals surface area contributed by atoms with Crippen molar-refractivity contribution in [3.05, 3.63) is 48.0 Å². The Labute approximate surface area is 137 Å². The summed E-state index contributed by atoms with van der Waals surface area (Å²) in [6.07, 6.45) is 7.28. The summed E-state index contributed by atoms with van der Waals surface area (Å²) < 4.78 is -1.53. The quantitative estimate of drug-likeness (QED) is 0.391. The number of aryl methyl sites for hydroxylation is 1. The van der Waals surface area contributed by atoms with Crippen molar-refractivity contribution in [3.63, 3.8) is 0 Å². The molecule has 0 aliphatic carbocycles. The molecule has 0 unspecified atom stereocenters. The van der Waals surface area contributed by atoms with Crippen molar-refractivity contribution in [1.29, 1.82) is 0 Å². The first-order chi connectivity index (χ1) is 9.98. The average molecular weight is 328 g/mol. The minimum absolute atomic E-state index is 0.360. The molecule has 0 aliphatic heterocycles. The summed E-state index contributed by atoms with van der Waals surface area (Å²) in [6.45, 7) is 6.26. The van der Waals surface area contributed by atoms with Crippen LogP contribution in [0.1, 0.15) is 43.2 Å². The largest absolute Gasteiger partial charge is 0.353 e. The molecule has 2 nitrogen and oxygen atoms in total. The van der Waals surface area contributed by atoms with Gasteiger partial charge in [0.05, 0.1) is 0 Å². The van der Waals surface area contributed by atoms with Gasteiger partial charge in [0.1, 0.15) is 0 Å². The maximum atomic E-state index is 12.1. The number of hydrogen-bond acceptors (Lipinski definition) is 1. The number of unbranched alkanes of at least 4 members (excludes halogenated alkanes) is 4. The molecule has 1 rings (SSSR count). The van der Waals surface area contributed by atoms with Crippen LogP contribution in [0.4, 0.5) is 0 Å². The molecular weight excluding hydrogens is 305 g/mol. The topological polar surface area (TPSA) is 29.1 Å². The number of alkyl halides is 2. The average Bonchev–Trinajstić information content (AvgIpc) is 2.46. The normalized spacial score (nSPS) is 11.2. The molecule has 0 atom stereocenters. The van der Waals surface area contributed by atoms with Crippen molar-refractivity contribution in [1.82, 2.24) is 5.32 Å². The van der Waals surface area contributed by atoms with E-state index in [9.17, 15) is 4.79 Å². The predicted molar refractivity (Wildman–Crippen MR) is 90.9 cm³/mol. The number of allylic oxidation sites excluding steroid dienone is 1. The van der Waals surface area contributed by atoms with Crippen molar-refractivity contribution < 1.29 is 4.79 Å². The fraction of sp³-hybridized carbons (Fsp3) is 0.471. The highest BCUT2D eigenvalue weighted by atomic mass is 35.5. The third-order valence-corrected chi connectivity index (χ3v) is 4.10. The van der Waals surface area contributed by atoms with Gasteiger partial charge in [0.25, 0.3) is 5.91 Å². The molecule has 21 heavy (non-hydrogen) atoms. The number of halogens is 2. The smallest absolute Gasteiger partial charge is 0.261 e. The molecule has 1 aromatic rings. The maximum Gasteiger partial charge on any atom is 0.261 e. The molecule has 0 aliphatic rings. The van der Waals surface area contributed by atoms with Crippen molar-refractivity contribution >= 4 is 29.1 Å². The maximum absolute atomic E-state index is 12.1. The number of amides is 1. The summed E-state index contributed by atoms with van der Waals surface area (Å²) >= 11 is 12.4. The Morgan fingerprint density at radius 1 is 1.19 bits per heavy atom. The van der Waals surface area contributed by atoms with Crippen molar-refractivity contribution in [2.45, 2.75) is 43.4 Å². The van der Waals surface area contributed by atoms with Crippen LogP contribution in [0.25, 0.3) is 0 Å². The molecule has 116 valence electrons. The Bertz CT molecular complexity index is 454. The van der Waals surface area contributed by atoms with Gasteiger partial charge in [-0.05, 0) is 31.7 Å². The van der Waals surface area contributed by atoms with Gasteiger partial charge < -0.3 is 5.32 Å². The summed E-state index contributed by atoms with van der Waals surface area (Å²) in [7, 11) is 0. The van der Waals surface area contributed by atoms with E-state index < -0.39 is 4.33 Å². The van der Waals surface area contributed by atoms with Gasteiger partial charge in [-0.3, -0.25) is 4.79 Å². The highest BCUT2D eigenvalue weighted by Crippen LogP contribution is 2.34. The fourth-order valence-electron chi connectivity index (χ4n) is 1.97. The van der Waals surface area contributed by atoms with Gasteiger partial charge in [-0.25, -0.2) is 0 Å². The molecule has 0 spiro atoms. The van der Waals surface area contributed by atoms with Crippen LogP contribution < -0.4 is 5.32 Å². The SMILES string of the molecule is C=CCCCCCCNC(=O)C(Cl)(Cl)c1ccc(C)cc1. The Balaban J connectivity index is 2.36. The first-order valence-electron chi connectivity index (χ1n) is 7.32. The van der Waals surface area contributed by atoms with Gasteiger partial charge in [-0.2, -0.15) is 0 Å². The molecular formula is C17H23Cl2NO. The van der Waals surface area contributed by atoms with E-state index in [-0.39, 0.29) is 5.91 Å². The third kappa shape index (κ3) is 6.11. The van der Waals surface area contributed by atoms with Crippen molar-refractivity contribution in [2.24, 2.45) is 0 Å². The number of rotatable bonds is 9. The molecule has 0 fully saturated rings. The van der Waals surface area contributed by atoms with Gasteiger partial charge in [0.15, 0.2) is 0 Å². The molecule has 1 aromatic carbocycles. The Morgan fingerprint density at radius 3 is 2.43 bits per heavy atom. The van der Waals surface area contributed by atoms with Gasteiger partial charge >= 0.3 is 0 Å². The lowest BCUT2D eigenvalue weighted by molar-refractivity contribution is -0.121. The van der Waals surface area contributed by atoms with Gasteiger partial charge in [0.2, 0.25) is 4.33 Å². The summed E-state index contributed by atoms with van der Waals surface area (Å²) in [5, 5.41) is 2.80. The standard InChI is InChI=1S/C17H23Cl2NO/c1-3-4-5-6-7-8-13-20-16(21)17(18,19)15-11-9-14(2)10-12-15/h3,9-12H,1,4-8,13H2,2H3,(H,20,21). The van der Waals surface area contributed by atoms with Gasteiger partial charge in [-0.15, -0.1) is 6.58 Å². The lowest BCUT2D eigenvalue weighted by Crippen LogP contribution is -2.37. The van der Waals surface area contributed by atoms with E-state index in [0.29, 0.717) is 12.1 Å². The summed E-state index contributed by atoms with van der Waals surface area (Å²) in [5.74, 6) is -0.360. The summed E-state index contributed by atoms with van der Waals surface area (Å²) in [4.78, 5) is 12.1. The first-order valence-corrected chi connectivity index (χ1v) is 8.08. The second-order valence-electron chi connectivity index (χ2n) is 5.19. The monoisotopic (exact) mass is 327 g/mol. The van der Waals surface area contributed by atoms with E-state index >= 15 is 0 Å². The van der Waals surface area contributed by atoms with E-state index in [0.717, 1.165) is 37.7 Å². The molecule has 0 bridgehead atoms. The Kier molecular flexibility index (Phi) is 7.84. The molecule has 0 saturated heterocycles. The van der Waals surface area contributed by atoms with E-state index in [4.69, 9.17) is 23.2 Å². The second-order valence-corrected chi connectivity index (χ2v) is 6.52. The second kappa shape index (κ2) is 9.11. The Morgan fingerprint density at radius 2 is 1.81 bits per heavy atom. The van der Waals surface area contributed by atoms with E-state index in [2.05, 4.69) is 11.9 Å². The van der Waals surface area contributed by atoms with Gasteiger partial charge in [0, 0.05) is 6.54 Å². The van der Waals surface area contributed by atoms with Crippen LogP contribution in [0.5, 0.6) is 0 Å². The van der Waals surface area contributed by atoms with Crippen molar-refractivity contribution in [2.75, 3.05) is 6.54 Å². The fourth-order valence-corrected chi connectivity index (χ4v) is 2.36. The van der Waals surface area contributed by atoms with E-state index in [1.165, 1.54) is 0 Å². The van der Waals surface area contributed by atoms with Crippen LogP contribution >= 0.6 is 23.2 Å². The summed E-state index contributed by atoms with van der Waals surface area (Å²) in [5.41, 5.74) is 1.70. The third-order valence-electron chi connectivity index (χ3n) is 3.32. The lowest BCUT2D eigenvalue weighted by Gasteiger charge is -2.19. The molecule has 4 heteroatoms. The minimum Gasteiger partial charge on any atom is -0.353 e. The molecule has 0 heterocycles. The van der Waals surface area contributed by atoms with Crippen LogP contribution in [0.2, 0.25) is 0 Å². The highest BCUT2D eigenvalue weighted by Gasteiger charge is 2.35. The van der Waals surface area contributed by atoms with E-state index in [1.54, 1.807) is 12.1 Å². The highest BCUT2D eigenvalue weighted by molar-refractivity contribution is 6.57. The Hall–Kier alpha value is -0.990. The van der Waals surface area contributed by atoms with Crippen LogP contribution in [0.15, 0.2) is 36.9 Å². The van der Waals surface area contributed by atoms with Crippen LogP contribution in [-0.2, 0) is 9.13 Å². The molecule has 1 amide bonds. The lowest BCUT2D eigenvalue weighted by atomic mass is 10.1. The van der Waals surface area contributed by atoms with Crippen LogP contribution in [-0.4, -0.2) is 12.5 Å². The molecule has 0 saturated carbocycles.